The van der Waals surface area contributed by atoms with Crippen LogP contribution in [0.3, 0.4) is 0 Å². The summed E-state index contributed by atoms with van der Waals surface area (Å²) in [5.41, 5.74) is 3.33. The second-order valence-corrected chi connectivity index (χ2v) is 7.31. The van der Waals surface area contributed by atoms with Crippen molar-refractivity contribution in [2.45, 2.75) is 59.2 Å². The maximum absolute atomic E-state index is 5.49. The molecule has 0 fully saturated rings. The van der Waals surface area contributed by atoms with Crippen LogP contribution in [0.15, 0.2) is 58.3 Å². The largest absolute Gasteiger partial charge is 0.359 e. The molecule has 3 aromatic rings. The van der Waals surface area contributed by atoms with Crippen LogP contribution in [0.5, 0.6) is 0 Å². The van der Waals surface area contributed by atoms with Gasteiger partial charge in [-0.25, -0.2) is 4.99 Å². The molecule has 2 aromatic heterocycles. The first-order valence-corrected chi connectivity index (χ1v) is 10.7. The normalized spacial score (nSPS) is 11.8. The van der Waals surface area contributed by atoms with Crippen LogP contribution in [0.1, 0.15) is 62.1 Å². The number of nitrogens with one attached hydrogen (secondary N) is 2. The maximum atomic E-state index is 5.49. The van der Waals surface area contributed by atoms with Crippen molar-refractivity contribution < 1.29 is 4.52 Å². The van der Waals surface area contributed by atoms with Gasteiger partial charge in [0.05, 0.1) is 31.5 Å². The number of aliphatic imine (C=N–C) groups is 1. The number of guanidine groups is 1. The lowest BCUT2D eigenvalue weighted by Crippen LogP contribution is -2.36. The van der Waals surface area contributed by atoms with Gasteiger partial charge in [0.15, 0.2) is 11.7 Å². The third kappa shape index (κ3) is 6.20. The van der Waals surface area contributed by atoms with Crippen molar-refractivity contribution in [2.24, 2.45) is 4.99 Å². The summed E-state index contributed by atoms with van der Waals surface area (Å²) in [5, 5.41) is 15.3. The predicted molar refractivity (Wildman–Crippen MR) is 119 cm³/mol. The van der Waals surface area contributed by atoms with Crippen LogP contribution >= 0.6 is 0 Å². The fraction of sp³-hybridized carbons (Fsp3) is 0.435. The topological polar surface area (TPSA) is 80.3 Å². The van der Waals surface area contributed by atoms with Crippen molar-refractivity contribution in [3.63, 3.8) is 0 Å². The van der Waals surface area contributed by atoms with Gasteiger partial charge in [-0.1, -0.05) is 49.3 Å². The minimum atomic E-state index is 0.455. The molecule has 7 heteroatoms. The van der Waals surface area contributed by atoms with Crippen LogP contribution in [0.4, 0.5) is 0 Å². The smallest absolute Gasteiger partial charge is 0.191 e. The second kappa shape index (κ2) is 11.2. The Morgan fingerprint density at radius 2 is 1.90 bits per heavy atom. The monoisotopic (exact) mass is 408 g/mol. The summed E-state index contributed by atoms with van der Waals surface area (Å²) >= 11 is 0. The summed E-state index contributed by atoms with van der Waals surface area (Å²) in [7, 11) is 0. The molecule has 0 atom stereocenters. The van der Waals surface area contributed by atoms with Crippen molar-refractivity contribution in [1.29, 1.82) is 0 Å². The number of rotatable bonds is 10. The third-order valence-corrected chi connectivity index (χ3v) is 5.05. The molecule has 0 amide bonds. The van der Waals surface area contributed by atoms with Gasteiger partial charge in [0, 0.05) is 30.3 Å². The number of benzene rings is 1. The Bertz CT molecular complexity index is 911. The van der Waals surface area contributed by atoms with Gasteiger partial charge in [-0.2, -0.15) is 5.10 Å². The van der Waals surface area contributed by atoms with E-state index in [4.69, 9.17) is 4.52 Å². The van der Waals surface area contributed by atoms with Crippen LogP contribution in [0.2, 0.25) is 0 Å². The molecular formula is C23H32N6O. The highest BCUT2D eigenvalue weighted by Crippen LogP contribution is 2.22. The zero-order valence-corrected chi connectivity index (χ0v) is 18.1. The number of hydrogen-bond donors (Lipinski definition) is 2. The highest BCUT2D eigenvalue weighted by atomic mass is 16.5. The molecule has 0 saturated carbocycles. The number of nitrogens with zero attached hydrogens (tertiary/aromatic N) is 4. The minimum Gasteiger partial charge on any atom is -0.359 e. The Morgan fingerprint density at radius 1 is 1.10 bits per heavy atom. The molecule has 0 saturated heterocycles. The number of hydrogen-bond acceptors (Lipinski definition) is 4. The second-order valence-electron chi connectivity index (χ2n) is 7.31. The lowest BCUT2D eigenvalue weighted by atomic mass is 9.99. The summed E-state index contributed by atoms with van der Waals surface area (Å²) in [4.78, 5) is 4.67. The van der Waals surface area contributed by atoms with Crippen LogP contribution < -0.4 is 10.6 Å². The van der Waals surface area contributed by atoms with E-state index in [1.807, 2.05) is 41.3 Å². The van der Waals surface area contributed by atoms with E-state index in [9.17, 15) is 0 Å². The molecule has 0 unspecified atom stereocenters. The van der Waals surface area contributed by atoms with Gasteiger partial charge in [0.25, 0.3) is 0 Å². The van der Waals surface area contributed by atoms with Crippen molar-refractivity contribution in [2.75, 3.05) is 6.54 Å². The SMILES string of the molecule is CCNC(=NCc1cnn(Cc2ccccc2)c1)NCc1cc(C(CC)CC)no1. The molecule has 30 heavy (non-hydrogen) atoms. The molecule has 0 aliphatic carbocycles. The molecule has 0 bridgehead atoms. The molecule has 7 nitrogen and oxygen atoms in total. The fourth-order valence-corrected chi connectivity index (χ4v) is 3.34. The molecule has 0 radical (unpaired) electrons. The van der Waals surface area contributed by atoms with E-state index in [-0.39, 0.29) is 0 Å². The zero-order chi connectivity index (χ0) is 21.2. The Labute approximate surface area is 178 Å². The molecule has 2 heterocycles. The average molecular weight is 409 g/mol. The first-order valence-electron chi connectivity index (χ1n) is 10.7. The summed E-state index contributed by atoms with van der Waals surface area (Å²) in [6.07, 6.45) is 6.04. The van der Waals surface area contributed by atoms with E-state index < -0.39 is 0 Å². The van der Waals surface area contributed by atoms with E-state index in [1.54, 1.807) is 0 Å². The lowest BCUT2D eigenvalue weighted by Gasteiger charge is -2.09. The standard InChI is InChI=1S/C23H32N6O/c1-4-20(5-2)22-12-21(30-28-22)15-26-23(24-6-3)25-13-19-14-27-29(17-19)16-18-10-8-7-9-11-18/h7-12,14,17,20H,4-6,13,15-16H2,1-3H3,(H2,24,25,26). The Morgan fingerprint density at radius 3 is 2.63 bits per heavy atom. The number of aromatic nitrogens is 3. The zero-order valence-electron chi connectivity index (χ0n) is 18.1. The van der Waals surface area contributed by atoms with Gasteiger partial charge in [0.1, 0.15) is 0 Å². The van der Waals surface area contributed by atoms with E-state index in [0.29, 0.717) is 19.0 Å². The van der Waals surface area contributed by atoms with Crippen molar-refractivity contribution in [3.05, 3.63) is 71.4 Å². The van der Waals surface area contributed by atoms with Gasteiger partial charge in [-0.05, 0) is 25.3 Å². The highest BCUT2D eigenvalue weighted by Gasteiger charge is 2.13. The Balaban J connectivity index is 1.56. The minimum absolute atomic E-state index is 0.455. The average Bonchev–Trinajstić information content (AvgIpc) is 3.42. The van der Waals surface area contributed by atoms with Gasteiger partial charge in [-0.15, -0.1) is 0 Å². The van der Waals surface area contributed by atoms with Gasteiger partial charge in [0.2, 0.25) is 0 Å². The molecule has 160 valence electrons. The van der Waals surface area contributed by atoms with Crippen LogP contribution in [0, 0.1) is 0 Å². The molecular weight excluding hydrogens is 376 g/mol. The van der Waals surface area contributed by atoms with Crippen LogP contribution in [-0.4, -0.2) is 27.4 Å². The van der Waals surface area contributed by atoms with E-state index in [1.165, 1.54) is 5.56 Å². The Hall–Kier alpha value is -3.09. The summed E-state index contributed by atoms with van der Waals surface area (Å²) < 4.78 is 7.43. The fourth-order valence-electron chi connectivity index (χ4n) is 3.34. The molecule has 0 spiro atoms. The lowest BCUT2D eigenvalue weighted by molar-refractivity contribution is 0.368. The summed E-state index contributed by atoms with van der Waals surface area (Å²) in [5.74, 6) is 2.02. The summed E-state index contributed by atoms with van der Waals surface area (Å²) in [6.45, 7) is 9.06. The van der Waals surface area contributed by atoms with Crippen molar-refractivity contribution in [3.8, 4) is 0 Å². The predicted octanol–water partition coefficient (Wildman–Crippen LogP) is 4.08. The molecule has 2 N–H and O–H groups in total. The summed E-state index contributed by atoms with van der Waals surface area (Å²) in [6, 6.07) is 12.4. The van der Waals surface area contributed by atoms with Gasteiger partial charge >= 0.3 is 0 Å². The van der Waals surface area contributed by atoms with Crippen molar-refractivity contribution >= 4 is 5.96 Å². The third-order valence-electron chi connectivity index (χ3n) is 5.05. The quantitative estimate of drug-likeness (QED) is 0.390. The van der Waals surface area contributed by atoms with E-state index in [0.717, 1.165) is 48.9 Å². The van der Waals surface area contributed by atoms with E-state index in [2.05, 4.69) is 58.8 Å². The molecule has 0 aliphatic rings. The first-order chi connectivity index (χ1) is 14.7. The van der Waals surface area contributed by atoms with Gasteiger partial charge in [-0.3, -0.25) is 4.68 Å². The first kappa shape index (κ1) is 21.6. The van der Waals surface area contributed by atoms with Crippen molar-refractivity contribution in [1.82, 2.24) is 25.6 Å². The Kier molecular flexibility index (Phi) is 8.06. The van der Waals surface area contributed by atoms with E-state index >= 15 is 0 Å². The van der Waals surface area contributed by atoms with Crippen LogP contribution in [-0.2, 0) is 19.6 Å². The van der Waals surface area contributed by atoms with Crippen LogP contribution in [0.25, 0.3) is 0 Å². The van der Waals surface area contributed by atoms with Gasteiger partial charge < -0.3 is 15.2 Å². The maximum Gasteiger partial charge on any atom is 0.191 e. The molecule has 1 aromatic carbocycles. The highest BCUT2D eigenvalue weighted by molar-refractivity contribution is 5.79. The molecule has 3 rings (SSSR count). The molecule has 0 aliphatic heterocycles.